The molecule has 4 heteroatoms. The van der Waals surface area contributed by atoms with Gasteiger partial charge in [0.1, 0.15) is 17.3 Å². The van der Waals surface area contributed by atoms with E-state index in [1.54, 1.807) is 21.1 Å². The van der Waals surface area contributed by atoms with E-state index in [4.69, 9.17) is 21.7 Å². The minimum Gasteiger partial charge on any atom is -0.496 e. The van der Waals surface area contributed by atoms with Gasteiger partial charge in [0.05, 0.1) is 14.2 Å². The number of hydrogen-bond acceptors (Lipinski definition) is 4. The summed E-state index contributed by atoms with van der Waals surface area (Å²) in [4.78, 5) is 11.8. The van der Waals surface area contributed by atoms with Crippen LogP contribution in [0.2, 0.25) is 0 Å². The summed E-state index contributed by atoms with van der Waals surface area (Å²) in [6, 6.07) is 15.5. The average Bonchev–Trinajstić information content (AvgIpc) is 2.55. The van der Waals surface area contributed by atoms with Crippen molar-refractivity contribution >= 4 is 22.9 Å². The highest BCUT2D eigenvalue weighted by atomic mass is 32.1. The lowest BCUT2D eigenvalue weighted by atomic mass is 10.1. The Balaban J connectivity index is 0.000000240. The van der Waals surface area contributed by atoms with Crippen LogP contribution in [-0.4, -0.2) is 24.9 Å². The van der Waals surface area contributed by atoms with Crippen LogP contribution in [0.25, 0.3) is 0 Å². The van der Waals surface area contributed by atoms with Crippen LogP contribution in [0.5, 0.6) is 11.5 Å². The monoisotopic (exact) mass is 344 g/mol. The number of Topliss-reactive ketones (excluding diaryl/α,β-unsaturated/α-hetero) is 1. The van der Waals surface area contributed by atoms with Crippen LogP contribution in [0, 0.1) is 0 Å². The van der Waals surface area contributed by atoms with Crippen molar-refractivity contribution in [2.45, 2.75) is 26.7 Å². The van der Waals surface area contributed by atoms with E-state index in [1.807, 2.05) is 55.5 Å². The summed E-state index contributed by atoms with van der Waals surface area (Å²) in [5.74, 6) is 1.86. The van der Waals surface area contributed by atoms with Gasteiger partial charge in [0.25, 0.3) is 0 Å². The van der Waals surface area contributed by atoms with Crippen LogP contribution in [0.3, 0.4) is 0 Å². The van der Waals surface area contributed by atoms with E-state index in [-0.39, 0.29) is 5.78 Å². The Morgan fingerprint density at radius 2 is 1.25 bits per heavy atom. The van der Waals surface area contributed by atoms with Crippen molar-refractivity contribution in [1.29, 1.82) is 0 Å². The average molecular weight is 344 g/mol. The molecule has 24 heavy (non-hydrogen) atoms. The van der Waals surface area contributed by atoms with Gasteiger partial charge in [0.2, 0.25) is 0 Å². The van der Waals surface area contributed by atoms with Gasteiger partial charge in [0.15, 0.2) is 0 Å². The minimum atomic E-state index is 0.152. The number of carbonyl (C=O) groups excluding carboxylic acids is 1. The second kappa shape index (κ2) is 10.6. The first-order chi connectivity index (χ1) is 11.5. The normalized spacial score (nSPS) is 9.50. The number of rotatable bonds is 6. The maximum Gasteiger partial charge on any atom is 0.134 e. The SMILES string of the molecule is COc1ccccc1CC(C)=O.COc1ccccc1CC(C)=S. The second-order valence-electron chi connectivity index (χ2n) is 5.38. The molecule has 0 spiro atoms. The van der Waals surface area contributed by atoms with Crippen molar-refractivity contribution in [2.75, 3.05) is 14.2 Å². The Hall–Kier alpha value is -2.20. The summed E-state index contributed by atoms with van der Waals surface area (Å²) < 4.78 is 10.3. The van der Waals surface area contributed by atoms with Crippen LogP contribution < -0.4 is 9.47 Å². The van der Waals surface area contributed by atoms with E-state index < -0.39 is 0 Å². The van der Waals surface area contributed by atoms with Crippen molar-refractivity contribution in [3.05, 3.63) is 59.7 Å². The highest BCUT2D eigenvalue weighted by molar-refractivity contribution is 7.80. The molecule has 0 amide bonds. The van der Waals surface area contributed by atoms with Gasteiger partial charge in [-0.05, 0) is 36.4 Å². The van der Waals surface area contributed by atoms with Gasteiger partial charge in [-0.2, -0.15) is 0 Å². The van der Waals surface area contributed by atoms with Crippen LogP contribution in [0.15, 0.2) is 48.5 Å². The molecule has 0 atom stereocenters. The summed E-state index contributed by atoms with van der Waals surface area (Å²) in [6.45, 7) is 3.52. The predicted molar refractivity (Wildman–Crippen MR) is 102 cm³/mol. The molecule has 0 saturated heterocycles. The zero-order valence-corrected chi connectivity index (χ0v) is 15.5. The van der Waals surface area contributed by atoms with Crippen LogP contribution in [0.1, 0.15) is 25.0 Å². The fourth-order valence-electron chi connectivity index (χ4n) is 2.23. The lowest BCUT2D eigenvalue weighted by Gasteiger charge is -2.06. The number of para-hydroxylation sites is 2. The molecule has 3 nitrogen and oxygen atoms in total. The molecule has 0 aromatic heterocycles. The van der Waals surface area contributed by atoms with Crippen molar-refractivity contribution in [1.82, 2.24) is 0 Å². The van der Waals surface area contributed by atoms with E-state index >= 15 is 0 Å². The van der Waals surface area contributed by atoms with Gasteiger partial charge in [-0.3, -0.25) is 4.79 Å². The van der Waals surface area contributed by atoms with Crippen molar-refractivity contribution in [3.8, 4) is 11.5 Å². The predicted octanol–water partition coefficient (Wildman–Crippen LogP) is 4.45. The maximum atomic E-state index is 10.8. The smallest absolute Gasteiger partial charge is 0.134 e. The zero-order chi connectivity index (χ0) is 17.9. The molecule has 0 bridgehead atoms. The molecule has 2 rings (SSSR count). The summed E-state index contributed by atoms with van der Waals surface area (Å²) >= 11 is 5.03. The first-order valence-corrected chi connectivity index (χ1v) is 8.11. The fraction of sp³-hybridized carbons (Fsp3) is 0.300. The van der Waals surface area contributed by atoms with Gasteiger partial charge < -0.3 is 9.47 Å². The number of benzene rings is 2. The summed E-state index contributed by atoms with van der Waals surface area (Å²) in [5.41, 5.74) is 2.11. The third-order valence-corrected chi connectivity index (χ3v) is 3.41. The quantitative estimate of drug-likeness (QED) is 0.725. The molecule has 0 fully saturated rings. The lowest BCUT2D eigenvalue weighted by Crippen LogP contribution is -1.98. The largest absolute Gasteiger partial charge is 0.496 e. The second-order valence-corrected chi connectivity index (χ2v) is 6.08. The lowest BCUT2D eigenvalue weighted by molar-refractivity contribution is -0.116. The number of thiocarbonyl (C=S) groups is 1. The van der Waals surface area contributed by atoms with Gasteiger partial charge in [-0.25, -0.2) is 0 Å². The van der Waals surface area contributed by atoms with Crippen molar-refractivity contribution < 1.29 is 14.3 Å². The zero-order valence-electron chi connectivity index (χ0n) is 14.7. The molecule has 0 N–H and O–H groups in total. The Morgan fingerprint density at radius 1 is 0.833 bits per heavy atom. The molecule has 0 unspecified atom stereocenters. The third-order valence-electron chi connectivity index (χ3n) is 3.26. The molecule has 0 aliphatic carbocycles. The fourth-order valence-corrected chi connectivity index (χ4v) is 2.39. The van der Waals surface area contributed by atoms with E-state index in [2.05, 4.69) is 0 Å². The molecule has 0 aliphatic rings. The molecule has 0 radical (unpaired) electrons. The topological polar surface area (TPSA) is 35.5 Å². The third kappa shape index (κ3) is 6.92. The molecule has 2 aromatic carbocycles. The summed E-state index contributed by atoms with van der Waals surface area (Å²) in [5, 5.41) is 0. The Kier molecular flexibility index (Phi) is 8.72. The van der Waals surface area contributed by atoms with Gasteiger partial charge in [0, 0.05) is 18.4 Å². The molecule has 128 valence electrons. The molecular weight excluding hydrogens is 320 g/mol. The number of ether oxygens (including phenoxy) is 2. The summed E-state index contributed by atoms with van der Waals surface area (Å²) in [6.07, 6.45) is 1.27. The number of ketones is 1. The van der Waals surface area contributed by atoms with E-state index in [1.165, 1.54) is 0 Å². The number of methoxy groups -OCH3 is 2. The van der Waals surface area contributed by atoms with Crippen molar-refractivity contribution in [3.63, 3.8) is 0 Å². The molecule has 0 saturated carbocycles. The van der Waals surface area contributed by atoms with Crippen molar-refractivity contribution in [2.24, 2.45) is 0 Å². The highest BCUT2D eigenvalue weighted by Crippen LogP contribution is 2.18. The standard InChI is InChI=1S/C10H12O2.C10H12OS/c1-8(11)7-9-5-3-4-6-10(9)12-2;1-8(12)7-9-5-3-4-6-10(9)11-2/h2*3-6H,7H2,1-2H3. The van der Waals surface area contributed by atoms with E-state index in [0.717, 1.165) is 33.9 Å². The molecule has 0 aliphatic heterocycles. The highest BCUT2D eigenvalue weighted by Gasteiger charge is 2.03. The molecular formula is C20H24O3S. The Bertz CT molecular complexity index is 621. The van der Waals surface area contributed by atoms with E-state index in [9.17, 15) is 4.79 Å². The minimum absolute atomic E-state index is 0.152. The first kappa shape index (κ1) is 19.8. The number of hydrogen-bond donors (Lipinski definition) is 0. The van der Waals surface area contributed by atoms with Gasteiger partial charge in [-0.1, -0.05) is 48.6 Å². The Morgan fingerprint density at radius 3 is 1.62 bits per heavy atom. The Labute approximate surface area is 149 Å². The van der Waals surface area contributed by atoms with E-state index in [0.29, 0.717) is 6.42 Å². The maximum absolute atomic E-state index is 10.8. The number of carbonyl (C=O) groups is 1. The van der Waals surface area contributed by atoms with Crippen LogP contribution >= 0.6 is 12.2 Å². The van der Waals surface area contributed by atoms with Gasteiger partial charge in [-0.15, -0.1) is 0 Å². The summed E-state index contributed by atoms with van der Waals surface area (Å²) in [7, 11) is 3.29. The van der Waals surface area contributed by atoms with Gasteiger partial charge >= 0.3 is 0 Å². The molecule has 0 heterocycles. The van der Waals surface area contributed by atoms with Crippen LogP contribution in [0.4, 0.5) is 0 Å². The first-order valence-electron chi connectivity index (χ1n) is 7.70. The molecule has 2 aromatic rings. The van der Waals surface area contributed by atoms with Crippen LogP contribution in [-0.2, 0) is 17.6 Å².